The van der Waals surface area contributed by atoms with Crippen molar-refractivity contribution < 1.29 is 14.5 Å². The van der Waals surface area contributed by atoms with Gasteiger partial charge < -0.3 is 5.32 Å². The summed E-state index contributed by atoms with van der Waals surface area (Å²) in [6, 6.07) is 11.2. The highest BCUT2D eigenvalue weighted by Crippen LogP contribution is 2.25. The number of amides is 2. The molecule has 0 saturated heterocycles. The minimum Gasteiger partial charge on any atom is -0.381 e. The van der Waals surface area contributed by atoms with Gasteiger partial charge in [-0.25, -0.2) is 0 Å². The van der Waals surface area contributed by atoms with Gasteiger partial charge in [0.1, 0.15) is 0 Å². The quantitative estimate of drug-likeness (QED) is 0.532. The number of carbonyl (C=O) groups is 2. The van der Waals surface area contributed by atoms with Crippen LogP contribution in [0.25, 0.3) is 0 Å². The fraction of sp³-hybridized carbons (Fsp3) is 0.125. The van der Waals surface area contributed by atoms with E-state index in [0.717, 1.165) is 10.5 Å². The number of nitro groups is 1. The summed E-state index contributed by atoms with van der Waals surface area (Å²) in [6.45, 7) is 0.453. The average molecular weight is 311 g/mol. The van der Waals surface area contributed by atoms with Crippen LogP contribution in [0.3, 0.4) is 0 Å². The first-order valence-electron chi connectivity index (χ1n) is 6.91. The van der Waals surface area contributed by atoms with Gasteiger partial charge in [-0.15, -0.1) is 0 Å². The van der Waals surface area contributed by atoms with Crippen molar-refractivity contribution in [1.29, 1.82) is 0 Å². The number of anilines is 1. The first kappa shape index (κ1) is 14.7. The van der Waals surface area contributed by atoms with Crippen LogP contribution in [-0.2, 0) is 6.54 Å². The molecule has 0 bridgehead atoms. The Morgan fingerprint density at radius 3 is 2.35 bits per heavy atom. The Morgan fingerprint density at radius 1 is 1.04 bits per heavy atom. The summed E-state index contributed by atoms with van der Waals surface area (Å²) >= 11 is 0. The lowest BCUT2D eigenvalue weighted by Gasteiger charge is -2.07. The van der Waals surface area contributed by atoms with E-state index in [1.165, 1.54) is 19.2 Å². The lowest BCUT2D eigenvalue weighted by Crippen LogP contribution is -2.24. The molecule has 7 heteroatoms. The van der Waals surface area contributed by atoms with Gasteiger partial charge in [0, 0.05) is 31.4 Å². The van der Waals surface area contributed by atoms with Crippen LogP contribution in [0.5, 0.6) is 0 Å². The largest absolute Gasteiger partial charge is 0.381 e. The zero-order chi connectivity index (χ0) is 16.6. The second-order valence-electron chi connectivity index (χ2n) is 5.21. The number of non-ortho nitro benzene ring substituents is 1. The van der Waals surface area contributed by atoms with Crippen molar-refractivity contribution in [2.75, 3.05) is 12.4 Å². The molecular formula is C16H13N3O4. The molecule has 2 aromatic rings. The molecule has 1 heterocycles. The minimum atomic E-state index is -0.448. The molecule has 1 aliphatic rings. The Kier molecular flexibility index (Phi) is 3.53. The number of carbonyl (C=O) groups excluding carboxylic acids is 2. The van der Waals surface area contributed by atoms with Crippen LogP contribution in [-0.4, -0.2) is 28.7 Å². The molecule has 0 aromatic heterocycles. The fourth-order valence-electron chi connectivity index (χ4n) is 2.41. The van der Waals surface area contributed by atoms with Crippen molar-refractivity contribution in [3.63, 3.8) is 0 Å². The molecule has 0 aliphatic carbocycles. The van der Waals surface area contributed by atoms with Gasteiger partial charge in [-0.1, -0.05) is 12.1 Å². The Morgan fingerprint density at radius 2 is 1.70 bits per heavy atom. The summed E-state index contributed by atoms with van der Waals surface area (Å²) in [6.07, 6.45) is 0. The van der Waals surface area contributed by atoms with Crippen molar-refractivity contribution in [2.45, 2.75) is 6.54 Å². The maximum Gasteiger partial charge on any atom is 0.269 e. The third-order valence-corrected chi connectivity index (χ3v) is 3.73. The first-order chi connectivity index (χ1) is 11.0. The van der Waals surface area contributed by atoms with Gasteiger partial charge in [0.15, 0.2) is 0 Å². The van der Waals surface area contributed by atoms with E-state index in [2.05, 4.69) is 5.32 Å². The molecule has 0 saturated carbocycles. The van der Waals surface area contributed by atoms with Crippen LogP contribution in [0.1, 0.15) is 26.3 Å². The summed E-state index contributed by atoms with van der Waals surface area (Å²) in [4.78, 5) is 35.0. The topological polar surface area (TPSA) is 92.6 Å². The van der Waals surface area contributed by atoms with Gasteiger partial charge in [-0.05, 0) is 23.8 Å². The molecular weight excluding hydrogens is 298 g/mol. The Hall–Kier alpha value is -3.22. The van der Waals surface area contributed by atoms with Crippen LogP contribution in [0.4, 0.5) is 11.4 Å². The first-order valence-corrected chi connectivity index (χ1v) is 6.91. The highest BCUT2D eigenvalue weighted by Gasteiger charge is 2.32. The SMILES string of the molecule is CN1C(=O)c2ccc(NCc3ccc([N+](=O)[O-])cc3)cc2C1=O. The molecule has 2 amide bonds. The van der Waals surface area contributed by atoms with Crippen molar-refractivity contribution in [1.82, 2.24) is 4.90 Å². The third-order valence-electron chi connectivity index (χ3n) is 3.73. The van der Waals surface area contributed by atoms with Gasteiger partial charge >= 0.3 is 0 Å². The summed E-state index contributed by atoms with van der Waals surface area (Å²) < 4.78 is 0. The lowest BCUT2D eigenvalue weighted by molar-refractivity contribution is -0.384. The van der Waals surface area contributed by atoms with E-state index in [0.29, 0.717) is 23.4 Å². The molecule has 0 fully saturated rings. The minimum absolute atomic E-state index is 0.0402. The monoisotopic (exact) mass is 311 g/mol. The number of rotatable bonds is 4. The smallest absolute Gasteiger partial charge is 0.269 e. The molecule has 2 aromatic carbocycles. The Bertz CT molecular complexity index is 815. The summed E-state index contributed by atoms with van der Waals surface area (Å²) in [5.74, 6) is -0.615. The molecule has 1 aliphatic heterocycles. The van der Waals surface area contributed by atoms with Gasteiger partial charge in [-0.3, -0.25) is 24.6 Å². The predicted molar refractivity (Wildman–Crippen MR) is 83.3 cm³/mol. The van der Waals surface area contributed by atoms with Gasteiger partial charge in [-0.2, -0.15) is 0 Å². The van der Waals surface area contributed by atoms with Crippen molar-refractivity contribution >= 4 is 23.2 Å². The molecule has 1 N–H and O–H groups in total. The number of hydrogen-bond acceptors (Lipinski definition) is 5. The van der Waals surface area contributed by atoms with Crippen LogP contribution >= 0.6 is 0 Å². The second-order valence-corrected chi connectivity index (χ2v) is 5.21. The second kappa shape index (κ2) is 5.53. The zero-order valence-electron chi connectivity index (χ0n) is 12.3. The normalized spacial score (nSPS) is 13.2. The van der Waals surface area contributed by atoms with Gasteiger partial charge in [0.2, 0.25) is 0 Å². The Balaban J connectivity index is 1.74. The molecule has 0 atom stereocenters. The van der Waals surface area contributed by atoms with Gasteiger partial charge in [0.25, 0.3) is 17.5 Å². The highest BCUT2D eigenvalue weighted by atomic mass is 16.6. The van der Waals surface area contributed by atoms with Crippen molar-refractivity contribution in [3.8, 4) is 0 Å². The van der Waals surface area contributed by atoms with E-state index >= 15 is 0 Å². The molecule has 116 valence electrons. The van der Waals surface area contributed by atoms with Crippen LogP contribution in [0, 0.1) is 10.1 Å². The maximum atomic E-state index is 11.9. The molecule has 0 radical (unpaired) electrons. The molecule has 0 spiro atoms. The standard InChI is InChI=1S/C16H13N3O4/c1-18-15(20)13-7-4-11(8-14(13)16(18)21)17-9-10-2-5-12(6-3-10)19(22)23/h2-8,17H,9H2,1H3. The maximum absolute atomic E-state index is 11.9. The Labute approximate surface area is 131 Å². The van der Waals surface area contributed by atoms with E-state index in [1.54, 1.807) is 30.3 Å². The number of nitrogens with zero attached hydrogens (tertiary/aromatic N) is 2. The molecule has 0 unspecified atom stereocenters. The van der Waals surface area contributed by atoms with Crippen LogP contribution in [0.15, 0.2) is 42.5 Å². The van der Waals surface area contributed by atoms with E-state index in [9.17, 15) is 19.7 Å². The van der Waals surface area contributed by atoms with Gasteiger partial charge in [0.05, 0.1) is 16.1 Å². The number of nitrogens with one attached hydrogen (secondary N) is 1. The zero-order valence-corrected chi connectivity index (χ0v) is 12.3. The summed E-state index contributed by atoms with van der Waals surface area (Å²) in [5.41, 5.74) is 2.40. The van der Waals surface area contributed by atoms with Crippen molar-refractivity contribution in [2.24, 2.45) is 0 Å². The predicted octanol–water partition coefficient (Wildman–Crippen LogP) is 2.43. The van der Waals surface area contributed by atoms with Crippen LogP contribution in [0.2, 0.25) is 0 Å². The number of imide groups is 1. The lowest BCUT2D eigenvalue weighted by atomic mass is 10.1. The molecule has 7 nitrogen and oxygen atoms in total. The average Bonchev–Trinajstić information content (AvgIpc) is 2.77. The highest BCUT2D eigenvalue weighted by molar-refractivity contribution is 6.21. The van der Waals surface area contributed by atoms with Crippen molar-refractivity contribution in [3.05, 3.63) is 69.3 Å². The summed E-state index contributed by atoms with van der Waals surface area (Å²) in [7, 11) is 1.45. The molecule has 3 rings (SSSR count). The van der Waals surface area contributed by atoms with E-state index in [4.69, 9.17) is 0 Å². The number of benzene rings is 2. The molecule has 23 heavy (non-hydrogen) atoms. The number of fused-ring (bicyclic) bond motifs is 1. The summed E-state index contributed by atoms with van der Waals surface area (Å²) in [5, 5.41) is 13.7. The number of hydrogen-bond donors (Lipinski definition) is 1. The number of nitro benzene ring substituents is 1. The van der Waals surface area contributed by atoms with Crippen LogP contribution < -0.4 is 5.32 Å². The van der Waals surface area contributed by atoms with E-state index in [1.807, 2.05) is 0 Å². The van der Waals surface area contributed by atoms with E-state index < -0.39 is 4.92 Å². The third kappa shape index (κ3) is 2.64. The fourth-order valence-corrected chi connectivity index (χ4v) is 2.41. The van der Waals surface area contributed by atoms with E-state index in [-0.39, 0.29) is 17.5 Å².